The number of hydrogen-bond donors (Lipinski definition) is 2. The number of nitrogens with one attached hydrogen (secondary N) is 2. The molecule has 2 heterocycles. The molecule has 2 N–H and O–H groups in total. The van der Waals surface area contributed by atoms with Crippen LogP contribution in [0.1, 0.15) is 36.7 Å². The number of hydrogen-bond acceptors (Lipinski definition) is 5. The van der Waals surface area contributed by atoms with Crippen molar-refractivity contribution in [3.05, 3.63) is 41.5 Å². The van der Waals surface area contributed by atoms with E-state index in [1.807, 2.05) is 4.57 Å². The van der Waals surface area contributed by atoms with Crippen molar-refractivity contribution < 1.29 is 9.47 Å². The third kappa shape index (κ3) is 6.84. The summed E-state index contributed by atoms with van der Waals surface area (Å²) in [6.07, 6.45) is 4.12. The minimum absolute atomic E-state index is 0. The Bertz CT molecular complexity index is 789. The highest BCUT2D eigenvalue weighted by atomic mass is 127. The molecule has 0 spiro atoms. The number of guanidine groups is 1. The number of benzene rings is 1. The number of ether oxygens (including phenoxy) is 2. The summed E-state index contributed by atoms with van der Waals surface area (Å²) in [5.74, 6) is 2.47. The molecule has 1 unspecified atom stereocenters. The van der Waals surface area contributed by atoms with Gasteiger partial charge < -0.3 is 24.7 Å². The zero-order chi connectivity index (χ0) is 19.8. The Balaban J connectivity index is 0.00000300. The number of aliphatic imine (C=N–C) groups is 1. The summed E-state index contributed by atoms with van der Waals surface area (Å²) >= 11 is 0. The fourth-order valence-corrected chi connectivity index (χ4v) is 3.14. The van der Waals surface area contributed by atoms with Crippen molar-refractivity contribution in [2.75, 3.05) is 20.3 Å². The molecule has 1 saturated heterocycles. The second-order valence-electron chi connectivity index (χ2n) is 6.87. The van der Waals surface area contributed by atoms with Crippen molar-refractivity contribution in [1.82, 2.24) is 25.4 Å². The molecule has 1 aromatic heterocycles. The van der Waals surface area contributed by atoms with Gasteiger partial charge in [0.2, 0.25) is 0 Å². The summed E-state index contributed by atoms with van der Waals surface area (Å²) in [5.41, 5.74) is 2.26. The second-order valence-corrected chi connectivity index (χ2v) is 6.87. The molecule has 3 rings (SSSR count). The summed E-state index contributed by atoms with van der Waals surface area (Å²) in [6, 6.07) is 6.26. The Hall–Kier alpha value is -1.88. The van der Waals surface area contributed by atoms with Crippen LogP contribution in [-0.2, 0) is 24.4 Å². The normalized spacial score (nSPS) is 16.4. The molecule has 0 aliphatic carbocycles. The molecule has 8 nitrogen and oxygen atoms in total. The first-order valence-electron chi connectivity index (χ1n) is 9.84. The first-order chi connectivity index (χ1) is 13.7. The van der Waals surface area contributed by atoms with E-state index in [0.29, 0.717) is 25.7 Å². The Morgan fingerprint density at radius 2 is 2.17 bits per heavy atom. The maximum atomic E-state index is 6.07. The predicted octanol–water partition coefficient (Wildman–Crippen LogP) is 2.65. The van der Waals surface area contributed by atoms with Gasteiger partial charge in [0.25, 0.3) is 0 Å². The third-order valence-electron chi connectivity index (χ3n) is 4.79. The van der Waals surface area contributed by atoms with Crippen molar-refractivity contribution >= 4 is 29.9 Å². The van der Waals surface area contributed by atoms with Crippen molar-refractivity contribution in [3.63, 3.8) is 0 Å². The Labute approximate surface area is 189 Å². The van der Waals surface area contributed by atoms with Crippen molar-refractivity contribution in [3.8, 4) is 5.75 Å². The highest BCUT2D eigenvalue weighted by Crippen LogP contribution is 2.22. The van der Waals surface area contributed by atoms with E-state index in [4.69, 9.17) is 9.47 Å². The summed E-state index contributed by atoms with van der Waals surface area (Å²) < 4.78 is 13.7. The predicted molar refractivity (Wildman–Crippen MR) is 124 cm³/mol. The fourth-order valence-electron chi connectivity index (χ4n) is 3.14. The smallest absolute Gasteiger partial charge is 0.191 e. The maximum Gasteiger partial charge on any atom is 0.191 e. The lowest BCUT2D eigenvalue weighted by atomic mass is 10.1. The number of halogens is 1. The number of rotatable bonds is 8. The molecule has 9 heteroatoms. The van der Waals surface area contributed by atoms with Crippen molar-refractivity contribution in [2.24, 2.45) is 4.99 Å². The van der Waals surface area contributed by atoms with Crippen LogP contribution in [0.2, 0.25) is 0 Å². The topological polar surface area (TPSA) is 85.6 Å². The van der Waals surface area contributed by atoms with E-state index in [1.165, 1.54) is 5.56 Å². The molecule has 0 saturated carbocycles. The number of nitrogens with zero attached hydrogens (tertiary/aromatic N) is 4. The van der Waals surface area contributed by atoms with Crippen molar-refractivity contribution in [1.29, 1.82) is 0 Å². The first kappa shape index (κ1) is 23.4. The summed E-state index contributed by atoms with van der Waals surface area (Å²) in [5, 5.41) is 14.7. The highest BCUT2D eigenvalue weighted by molar-refractivity contribution is 14.0. The zero-order valence-corrected chi connectivity index (χ0v) is 19.7. The average Bonchev–Trinajstić information content (AvgIpc) is 3.39. The molecular formula is C20H31IN6O2. The Morgan fingerprint density at radius 3 is 2.90 bits per heavy atom. The quantitative estimate of drug-likeness (QED) is 0.320. The van der Waals surface area contributed by atoms with Gasteiger partial charge in [0.05, 0.1) is 12.6 Å². The molecule has 0 radical (unpaired) electrons. The lowest BCUT2D eigenvalue weighted by Crippen LogP contribution is -2.37. The van der Waals surface area contributed by atoms with Gasteiger partial charge in [-0.05, 0) is 38.3 Å². The average molecular weight is 514 g/mol. The monoisotopic (exact) mass is 514 g/mol. The van der Waals surface area contributed by atoms with Crippen LogP contribution >= 0.6 is 24.0 Å². The van der Waals surface area contributed by atoms with Gasteiger partial charge in [-0.25, -0.2) is 0 Å². The van der Waals surface area contributed by atoms with E-state index >= 15 is 0 Å². The Kier molecular flexibility index (Phi) is 9.65. The van der Waals surface area contributed by atoms with Gasteiger partial charge in [-0.15, -0.1) is 34.2 Å². The first-order valence-corrected chi connectivity index (χ1v) is 9.84. The van der Waals surface area contributed by atoms with E-state index in [0.717, 1.165) is 43.1 Å². The molecule has 0 amide bonds. The largest absolute Gasteiger partial charge is 0.491 e. The van der Waals surface area contributed by atoms with Gasteiger partial charge in [-0.1, -0.05) is 12.1 Å². The van der Waals surface area contributed by atoms with Gasteiger partial charge in [0, 0.05) is 32.3 Å². The molecule has 2 aromatic rings. The molecule has 1 aliphatic rings. The second kappa shape index (κ2) is 12.0. The van der Waals surface area contributed by atoms with Gasteiger partial charge in [-0.3, -0.25) is 4.99 Å². The minimum Gasteiger partial charge on any atom is -0.491 e. The van der Waals surface area contributed by atoms with E-state index in [1.54, 1.807) is 13.4 Å². The third-order valence-corrected chi connectivity index (χ3v) is 4.79. The van der Waals surface area contributed by atoms with Crippen LogP contribution in [0, 0.1) is 6.92 Å². The van der Waals surface area contributed by atoms with Crippen LogP contribution in [0.3, 0.4) is 0 Å². The molecule has 1 atom stereocenters. The van der Waals surface area contributed by atoms with Crippen LogP contribution in [0.25, 0.3) is 0 Å². The fraction of sp³-hybridized carbons (Fsp3) is 0.550. The van der Waals surface area contributed by atoms with Crippen LogP contribution in [0.4, 0.5) is 0 Å². The summed E-state index contributed by atoms with van der Waals surface area (Å²) in [7, 11) is 1.75. The molecule has 160 valence electrons. The number of aromatic nitrogens is 3. The van der Waals surface area contributed by atoms with E-state index in [9.17, 15) is 0 Å². The van der Waals surface area contributed by atoms with E-state index in [2.05, 4.69) is 57.9 Å². The van der Waals surface area contributed by atoms with Crippen LogP contribution in [0.5, 0.6) is 5.75 Å². The Morgan fingerprint density at radius 1 is 1.34 bits per heavy atom. The van der Waals surface area contributed by atoms with Gasteiger partial charge in [0.1, 0.15) is 18.7 Å². The van der Waals surface area contributed by atoms with Gasteiger partial charge in [0.15, 0.2) is 11.8 Å². The van der Waals surface area contributed by atoms with Gasteiger partial charge >= 0.3 is 0 Å². The molecule has 1 aliphatic heterocycles. The van der Waals surface area contributed by atoms with Crippen LogP contribution in [-0.4, -0.2) is 47.1 Å². The van der Waals surface area contributed by atoms with Crippen LogP contribution < -0.4 is 15.4 Å². The molecule has 1 aromatic carbocycles. The standard InChI is InChI=1S/C20H30N6O2.HI/c1-4-26-14-24-25-19(26)12-23-20(21-3)22-11-16-8-7-15(2)10-18(16)28-13-17-6-5-9-27-17;/h7-8,10,14,17H,4-6,9,11-13H2,1-3H3,(H2,21,22,23);1H. The summed E-state index contributed by atoms with van der Waals surface area (Å²) in [6.45, 7) is 7.58. The lowest BCUT2D eigenvalue weighted by Gasteiger charge is -2.17. The summed E-state index contributed by atoms with van der Waals surface area (Å²) in [4.78, 5) is 4.29. The minimum atomic E-state index is 0. The molecule has 29 heavy (non-hydrogen) atoms. The SMILES string of the molecule is CCn1cnnc1CNC(=NC)NCc1ccc(C)cc1OCC1CCCO1.I. The highest BCUT2D eigenvalue weighted by Gasteiger charge is 2.17. The molecule has 1 fully saturated rings. The zero-order valence-electron chi connectivity index (χ0n) is 17.4. The lowest BCUT2D eigenvalue weighted by molar-refractivity contribution is 0.0676. The van der Waals surface area contributed by atoms with Crippen LogP contribution in [0.15, 0.2) is 29.5 Å². The van der Waals surface area contributed by atoms with E-state index < -0.39 is 0 Å². The van der Waals surface area contributed by atoms with Crippen molar-refractivity contribution in [2.45, 2.75) is 52.4 Å². The maximum absolute atomic E-state index is 6.07. The number of aryl methyl sites for hydroxylation is 2. The molecule has 0 bridgehead atoms. The van der Waals surface area contributed by atoms with Gasteiger partial charge in [-0.2, -0.15) is 0 Å². The van der Waals surface area contributed by atoms with E-state index in [-0.39, 0.29) is 30.1 Å². The molecular weight excluding hydrogens is 483 g/mol.